The fourth-order valence-electron chi connectivity index (χ4n) is 2.89. The van der Waals surface area contributed by atoms with Gasteiger partial charge in [0.15, 0.2) is 10.8 Å². The van der Waals surface area contributed by atoms with E-state index in [0.29, 0.717) is 21.9 Å². The van der Waals surface area contributed by atoms with Crippen LogP contribution >= 0.6 is 11.8 Å². The van der Waals surface area contributed by atoms with E-state index in [-0.39, 0.29) is 29.6 Å². The van der Waals surface area contributed by atoms with Gasteiger partial charge in [-0.1, -0.05) is 42.1 Å². The molecule has 2 aromatic carbocycles. The van der Waals surface area contributed by atoms with Crippen LogP contribution in [0, 0.1) is 5.82 Å². The highest BCUT2D eigenvalue weighted by atomic mass is 32.2. The first-order valence-corrected chi connectivity index (χ1v) is 10.2. The summed E-state index contributed by atoms with van der Waals surface area (Å²) >= 11 is 1.16. The van der Waals surface area contributed by atoms with Crippen molar-refractivity contribution in [2.45, 2.75) is 11.7 Å². The van der Waals surface area contributed by atoms with Gasteiger partial charge >= 0.3 is 0 Å². The van der Waals surface area contributed by atoms with Gasteiger partial charge < -0.3 is 5.32 Å². The maximum atomic E-state index is 13.1. The van der Waals surface area contributed by atoms with Gasteiger partial charge in [0, 0.05) is 12.7 Å². The van der Waals surface area contributed by atoms with Crippen molar-refractivity contribution >= 4 is 28.7 Å². The summed E-state index contributed by atoms with van der Waals surface area (Å²) < 4.78 is 14.5. The van der Waals surface area contributed by atoms with Crippen molar-refractivity contribution < 1.29 is 9.18 Å². The van der Waals surface area contributed by atoms with Crippen LogP contribution < -0.4 is 10.9 Å². The summed E-state index contributed by atoms with van der Waals surface area (Å²) in [5.41, 5.74) is 1.55. The number of benzene rings is 2. The Labute approximate surface area is 175 Å². The Hall–Kier alpha value is -3.52. The summed E-state index contributed by atoms with van der Waals surface area (Å²) in [6, 6.07) is 18.4. The lowest BCUT2D eigenvalue weighted by atomic mass is 10.2. The molecule has 1 N–H and O–H groups in total. The lowest BCUT2D eigenvalue weighted by molar-refractivity contribution is -0.118. The van der Waals surface area contributed by atoms with Crippen molar-refractivity contribution in [3.05, 3.63) is 94.7 Å². The standard InChI is InChI=1S/C22H17FN4O2S/c23-16-10-8-15(9-11-16)13-25-19(28)14-30-22-26-20-18(7-4-12-24-20)21(29)27(22)17-5-2-1-3-6-17/h1-12H,13-14H2,(H,25,28). The van der Waals surface area contributed by atoms with Gasteiger partial charge in [0.25, 0.3) is 5.56 Å². The van der Waals surface area contributed by atoms with Crippen LogP contribution in [0.1, 0.15) is 5.56 Å². The summed E-state index contributed by atoms with van der Waals surface area (Å²) in [4.78, 5) is 34.1. The van der Waals surface area contributed by atoms with Gasteiger partial charge in [0.1, 0.15) is 5.82 Å². The molecule has 1 amide bonds. The number of hydrogen-bond donors (Lipinski definition) is 1. The monoisotopic (exact) mass is 420 g/mol. The molecule has 0 aliphatic heterocycles. The Morgan fingerprint density at radius 2 is 1.80 bits per heavy atom. The molecule has 0 aliphatic carbocycles. The van der Waals surface area contributed by atoms with Crippen molar-refractivity contribution in [3.63, 3.8) is 0 Å². The number of pyridine rings is 1. The number of halogens is 1. The minimum Gasteiger partial charge on any atom is -0.351 e. The van der Waals surface area contributed by atoms with Crippen molar-refractivity contribution in [3.8, 4) is 5.69 Å². The highest BCUT2D eigenvalue weighted by Gasteiger charge is 2.15. The lowest BCUT2D eigenvalue weighted by Gasteiger charge is -2.12. The van der Waals surface area contributed by atoms with Gasteiger partial charge in [-0.25, -0.2) is 14.4 Å². The smallest absolute Gasteiger partial charge is 0.268 e. The van der Waals surface area contributed by atoms with Gasteiger partial charge in [-0.3, -0.25) is 14.2 Å². The largest absolute Gasteiger partial charge is 0.351 e. The highest BCUT2D eigenvalue weighted by molar-refractivity contribution is 7.99. The molecule has 4 aromatic rings. The minimum atomic E-state index is -0.324. The average molecular weight is 420 g/mol. The highest BCUT2D eigenvalue weighted by Crippen LogP contribution is 2.20. The molecule has 4 rings (SSSR count). The van der Waals surface area contributed by atoms with Gasteiger partial charge in [-0.2, -0.15) is 0 Å². The summed E-state index contributed by atoms with van der Waals surface area (Å²) in [5, 5.41) is 3.58. The zero-order valence-electron chi connectivity index (χ0n) is 15.8. The van der Waals surface area contributed by atoms with E-state index >= 15 is 0 Å². The third kappa shape index (κ3) is 4.38. The van der Waals surface area contributed by atoms with Gasteiger partial charge in [0.2, 0.25) is 5.91 Å². The fourth-order valence-corrected chi connectivity index (χ4v) is 3.72. The molecule has 150 valence electrons. The molecule has 0 spiro atoms. The molecule has 6 nitrogen and oxygen atoms in total. The molecular formula is C22H17FN4O2S. The number of carbonyl (C=O) groups is 1. The number of hydrogen-bond acceptors (Lipinski definition) is 5. The molecule has 2 heterocycles. The maximum Gasteiger partial charge on any atom is 0.268 e. The molecular weight excluding hydrogens is 403 g/mol. The third-order valence-corrected chi connectivity index (χ3v) is 5.30. The second-order valence-electron chi connectivity index (χ2n) is 6.44. The normalized spacial score (nSPS) is 10.8. The van der Waals surface area contributed by atoms with E-state index in [1.54, 1.807) is 30.5 Å². The first-order chi connectivity index (χ1) is 14.6. The van der Waals surface area contributed by atoms with Crippen molar-refractivity contribution in [2.75, 3.05) is 5.75 Å². The molecule has 0 fully saturated rings. The van der Waals surface area contributed by atoms with Crippen LogP contribution in [0.2, 0.25) is 0 Å². The molecule has 0 aliphatic rings. The van der Waals surface area contributed by atoms with Crippen LogP contribution in [-0.4, -0.2) is 26.2 Å². The van der Waals surface area contributed by atoms with E-state index in [0.717, 1.165) is 17.3 Å². The van der Waals surface area contributed by atoms with Crippen LogP contribution in [0.4, 0.5) is 4.39 Å². The van der Waals surface area contributed by atoms with E-state index in [4.69, 9.17) is 0 Å². The average Bonchev–Trinajstić information content (AvgIpc) is 2.78. The van der Waals surface area contributed by atoms with Crippen LogP contribution in [0.25, 0.3) is 16.7 Å². The fraction of sp³-hybridized carbons (Fsp3) is 0.0909. The first-order valence-electron chi connectivity index (χ1n) is 9.19. The van der Waals surface area contributed by atoms with Crippen molar-refractivity contribution in [1.29, 1.82) is 0 Å². The number of rotatable bonds is 6. The number of amides is 1. The first kappa shape index (κ1) is 19.8. The van der Waals surface area contributed by atoms with E-state index in [9.17, 15) is 14.0 Å². The Morgan fingerprint density at radius 1 is 1.03 bits per heavy atom. The predicted octanol–water partition coefficient (Wildman–Crippen LogP) is 3.33. The molecule has 0 saturated heterocycles. The van der Waals surface area contributed by atoms with E-state index in [1.165, 1.54) is 16.7 Å². The molecule has 0 saturated carbocycles. The van der Waals surface area contributed by atoms with Gasteiger partial charge in [0.05, 0.1) is 16.8 Å². The SMILES string of the molecule is O=C(CSc1nc2ncccc2c(=O)n1-c1ccccc1)NCc1ccc(F)cc1. The van der Waals surface area contributed by atoms with Crippen LogP contribution in [0.15, 0.2) is 82.9 Å². The van der Waals surface area contributed by atoms with Crippen molar-refractivity contribution in [1.82, 2.24) is 19.9 Å². The van der Waals surface area contributed by atoms with E-state index < -0.39 is 0 Å². The van der Waals surface area contributed by atoms with Crippen molar-refractivity contribution in [2.24, 2.45) is 0 Å². The van der Waals surface area contributed by atoms with Gasteiger partial charge in [-0.05, 0) is 42.0 Å². The molecule has 0 unspecified atom stereocenters. The second kappa shape index (κ2) is 8.87. The summed E-state index contributed by atoms with van der Waals surface area (Å²) in [5.74, 6) is -0.478. The molecule has 30 heavy (non-hydrogen) atoms. The summed E-state index contributed by atoms with van der Waals surface area (Å²) in [7, 11) is 0. The van der Waals surface area contributed by atoms with Crippen LogP contribution in [0.5, 0.6) is 0 Å². The quantitative estimate of drug-likeness (QED) is 0.383. The number of fused-ring (bicyclic) bond motifs is 1. The van der Waals surface area contributed by atoms with E-state index in [2.05, 4.69) is 15.3 Å². The van der Waals surface area contributed by atoms with Crippen LogP contribution in [-0.2, 0) is 11.3 Å². The number of para-hydroxylation sites is 1. The van der Waals surface area contributed by atoms with E-state index in [1.807, 2.05) is 30.3 Å². The predicted molar refractivity (Wildman–Crippen MR) is 114 cm³/mol. The van der Waals surface area contributed by atoms with Gasteiger partial charge in [-0.15, -0.1) is 0 Å². The Morgan fingerprint density at radius 3 is 2.57 bits per heavy atom. The second-order valence-corrected chi connectivity index (χ2v) is 7.38. The molecule has 8 heteroatoms. The Balaban J connectivity index is 1.56. The Kier molecular flexibility index (Phi) is 5.85. The number of nitrogens with zero attached hydrogens (tertiary/aromatic N) is 3. The zero-order valence-corrected chi connectivity index (χ0v) is 16.6. The number of nitrogens with one attached hydrogen (secondary N) is 1. The summed E-state index contributed by atoms with van der Waals surface area (Å²) in [6.45, 7) is 0.290. The Bertz CT molecular complexity index is 1240. The van der Waals surface area contributed by atoms with Crippen LogP contribution in [0.3, 0.4) is 0 Å². The third-order valence-electron chi connectivity index (χ3n) is 4.36. The number of carbonyl (C=O) groups excluding carboxylic acids is 1. The maximum absolute atomic E-state index is 13.1. The lowest BCUT2D eigenvalue weighted by Crippen LogP contribution is -2.26. The topological polar surface area (TPSA) is 76.9 Å². The minimum absolute atomic E-state index is 0.0683. The number of thioether (sulfide) groups is 1. The molecule has 0 bridgehead atoms. The zero-order chi connectivity index (χ0) is 20.9. The molecule has 0 atom stereocenters. The summed E-state index contributed by atoms with van der Waals surface area (Å²) in [6.07, 6.45) is 1.57. The number of aromatic nitrogens is 3. The molecule has 0 radical (unpaired) electrons. The molecule has 2 aromatic heterocycles.